The fourth-order valence-electron chi connectivity index (χ4n) is 2.38. The molecule has 0 bridgehead atoms. The van der Waals surface area contributed by atoms with E-state index >= 15 is 0 Å². The lowest BCUT2D eigenvalue weighted by Crippen LogP contribution is -2.12. The number of aryl methyl sites for hydroxylation is 1. The number of anilines is 1. The molecule has 1 aromatic carbocycles. The average molecular weight is 335 g/mol. The van der Waals surface area contributed by atoms with Crippen LogP contribution >= 0.6 is 11.3 Å². The molecule has 0 spiro atoms. The molecular formula is C17H13N5OS. The maximum atomic E-state index is 12.4. The van der Waals surface area contributed by atoms with Gasteiger partial charge in [0.1, 0.15) is 5.52 Å². The molecule has 7 heteroatoms. The van der Waals surface area contributed by atoms with Gasteiger partial charge in [0.25, 0.3) is 5.91 Å². The molecule has 6 nitrogen and oxygen atoms in total. The number of thiazole rings is 1. The molecule has 3 heterocycles. The molecular weight excluding hydrogens is 322 g/mol. The predicted octanol–water partition coefficient (Wildman–Crippen LogP) is 3.34. The molecule has 4 aromatic rings. The third kappa shape index (κ3) is 2.65. The molecule has 118 valence electrons. The van der Waals surface area contributed by atoms with Crippen molar-refractivity contribution in [3.8, 4) is 11.3 Å². The van der Waals surface area contributed by atoms with Crippen molar-refractivity contribution in [3.05, 3.63) is 59.9 Å². The second-order valence-electron chi connectivity index (χ2n) is 5.28. The van der Waals surface area contributed by atoms with Gasteiger partial charge in [0, 0.05) is 24.2 Å². The summed E-state index contributed by atoms with van der Waals surface area (Å²) >= 11 is 1.39. The van der Waals surface area contributed by atoms with Gasteiger partial charge in [0.05, 0.1) is 17.6 Å². The molecule has 1 N–H and O–H groups in total. The number of carbonyl (C=O) groups excluding carboxylic acids is 1. The molecule has 4 rings (SSSR count). The van der Waals surface area contributed by atoms with Crippen LogP contribution in [0.5, 0.6) is 0 Å². The van der Waals surface area contributed by atoms with E-state index in [0.29, 0.717) is 16.2 Å². The number of benzene rings is 1. The van der Waals surface area contributed by atoms with Gasteiger partial charge in [-0.15, -0.1) is 11.3 Å². The molecule has 24 heavy (non-hydrogen) atoms. The van der Waals surface area contributed by atoms with E-state index in [1.807, 2.05) is 47.3 Å². The first-order valence-corrected chi connectivity index (χ1v) is 8.18. The maximum absolute atomic E-state index is 12.4. The summed E-state index contributed by atoms with van der Waals surface area (Å²) in [6.07, 6.45) is 3.22. The fraction of sp³-hybridized carbons (Fsp3) is 0.0588. The molecule has 0 saturated carbocycles. The van der Waals surface area contributed by atoms with Crippen LogP contribution in [-0.2, 0) is 7.05 Å². The van der Waals surface area contributed by atoms with E-state index in [-0.39, 0.29) is 5.91 Å². The molecule has 0 fully saturated rings. The lowest BCUT2D eigenvalue weighted by atomic mass is 10.2. The van der Waals surface area contributed by atoms with E-state index in [9.17, 15) is 4.79 Å². The van der Waals surface area contributed by atoms with Gasteiger partial charge < -0.3 is 4.57 Å². The van der Waals surface area contributed by atoms with Crippen molar-refractivity contribution in [1.82, 2.24) is 19.5 Å². The molecule has 1 amide bonds. The number of nitrogens with one attached hydrogen (secondary N) is 1. The summed E-state index contributed by atoms with van der Waals surface area (Å²) in [6, 6.07) is 11.6. The minimum atomic E-state index is -0.246. The Morgan fingerprint density at radius 1 is 1.21 bits per heavy atom. The highest BCUT2D eigenvalue weighted by molar-refractivity contribution is 7.14. The Morgan fingerprint density at radius 2 is 2.04 bits per heavy atom. The Kier molecular flexibility index (Phi) is 3.55. The molecule has 0 unspecified atom stereocenters. The van der Waals surface area contributed by atoms with Crippen molar-refractivity contribution < 1.29 is 4.79 Å². The van der Waals surface area contributed by atoms with Crippen molar-refractivity contribution in [2.45, 2.75) is 0 Å². The van der Waals surface area contributed by atoms with Crippen molar-refractivity contribution in [2.24, 2.45) is 7.05 Å². The third-order valence-electron chi connectivity index (χ3n) is 3.61. The van der Waals surface area contributed by atoms with E-state index in [1.54, 1.807) is 18.6 Å². The molecule has 0 atom stereocenters. The summed E-state index contributed by atoms with van der Waals surface area (Å²) in [5.41, 5.74) is 3.75. The topological polar surface area (TPSA) is 72.7 Å². The van der Waals surface area contributed by atoms with Crippen LogP contribution in [-0.4, -0.2) is 25.4 Å². The SMILES string of the molecule is Cn1cnc2cc(C(=O)Nc3nc(-c4ccccc4)cs3)cnc21. The predicted molar refractivity (Wildman–Crippen MR) is 94.0 cm³/mol. The summed E-state index contributed by atoms with van der Waals surface area (Å²) in [5, 5.41) is 5.29. The number of pyridine rings is 1. The number of aromatic nitrogens is 4. The minimum absolute atomic E-state index is 0.246. The number of hydrogen-bond acceptors (Lipinski definition) is 5. The molecule has 0 saturated heterocycles. The normalized spacial score (nSPS) is 10.9. The van der Waals surface area contributed by atoms with Gasteiger partial charge >= 0.3 is 0 Å². The van der Waals surface area contributed by atoms with Crippen molar-refractivity contribution in [1.29, 1.82) is 0 Å². The number of fused-ring (bicyclic) bond motifs is 1. The van der Waals surface area contributed by atoms with Gasteiger partial charge in [-0.2, -0.15) is 0 Å². The van der Waals surface area contributed by atoms with Crippen LogP contribution in [0.4, 0.5) is 5.13 Å². The van der Waals surface area contributed by atoms with Crippen LogP contribution in [0.15, 0.2) is 54.3 Å². The van der Waals surface area contributed by atoms with E-state index < -0.39 is 0 Å². The summed E-state index contributed by atoms with van der Waals surface area (Å²) in [4.78, 5) is 25.3. The smallest absolute Gasteiger partial charge is 0.259 e. The zero-order valence-electron chi connectivity index (χ0n) is 12.8. The lowest BCUT2D eigenvalue weighted by molar-refractivity contribution is 0.102. The fourth-order valence-corrected chi connectivity index (χ4v) is 3.10. The highest BCUT2D eigenvalue weighted by Gasteiger charge is 2.12. The standard InChI is InChI=1S/C17H13N5OS/c1-22-10-19-13-7-12(8-18-15(13)22)16(23)21-17-20-14(9-24-17)11-5-3-2-4-6-11/h2-10H,1H3,(H,20,21,23). The summed E-state index contributed by atoms with van der Waals surface area (Å²) < 4.78 is 1.81. The van der Waals surface area contributed by atoms with Crippen LogP contribution < -0.4 is 5.32 Å². The number of carbonyl (C=O) groups is 1. The minimum Gasteiger partial charge on any atom is -0.318 e. The van der Waals surface area contributed by atoms with E-state index in [1.165, 1.54) is 11.3 Å². The van der Waals surface area contributed by atoms with Crippen LogP contribution in [0.3, 0.4) is 0 Å². The molecule has 0 aliphatic carbocycles. The van der Waals surface area contributed by atoms with Gasteiger partial charge in [0.15, 0.2) is 10.8 Å². The van der Waals surface area contributed by atoms with E-state index in [4.69, 9.17) is 0 Å². The lowest BCUT2D eigenvalue weighted by Gasteiger charge is -2.01. The van der Waals surface area contributed by atoms with Gasteiger partial charge in [-0.1, -0.05) is 30.3 Å². The van der Waals surface area contributed by atoms with Gasteiger partial charge in [-0.3, -0.25) is 10.1 Å². The zero-order valence-corrected chi connectivity index (χ0v) is 13.6. The first-order chi connectivity index (χ1) is 11.7. The van der Waals surface area contributed by atoms with Crippen LogP contribution in [0.25, 0.3) is 22.4 Å². The third-order valence-corrected chi connectivity index (χ3v) is 4.37. The second kappa shape index (κ2) is 5.86. The highest BCUT2D eigenvalue weighted by atomic mass is 32.1. The first-order valence-electron chi connectivity index (χ1n) is 7.30. The maximum Gasteiger partial charge on any atom is 0.259 e. The monoisotopic (exact) mass is 335 g/mol. The van der Waals surface area contributed by atoms with Crippen LogP contribution in [0.1, 0.15) is 10.4 Å². The Labute approximate surface area is 141 Å². The van der Waals surface area contributed by atoms with Gasteiger partial charge in [0.2, 0.25) is 0 Å². The van der Waals surface area contributed by atoms with Crippen LogP contribution in [0.2, 0.25) is 0 Å². The van der Waals surface area contributed by atoms with Crippen molar-refractivity contribution in [2.75, 3.05) is 5.32 Å². The molecule has 0 aliphatic heterocycles. The van der Waals surface area contributed by atoms with E-state index in [0.717, 1.165) is 16.9 Å². The molecule has 0 aliphatic rings. The second-order valence-corrected chi connectivity index (χ2v) is 6.14. The first kappa shape index (κ1) is 14.5. The number of nitrogens with zero attached hydrogens (tertiary/aromatic N) is 4. The quantitative estimate of drug-likeness (QED) is 0.623. The molecule has 3 aromatic heterocycles. The number of hydrogen-bond donors (Lipinski definition) is 1. The zero-order chi connectivity index (χ0) is 16.5. The largest absolute Gasteiger partial charge is 0.318 e. The Morgan fingerprint density at radius 3 is 2.88 bits per heavy atom. The van der Waals surface area contributed by atoms with Gasteiger partial charge in [-0.05, 0) is 6.07 Å². The number of amides is 1. The average Bonchev–Trinajstić information content (AvgIpc) is 3.22. The number of rotatable bonds is 3. The summed E-state index contributed by atoms with van der Waals surface area (Å²) in [5.74, 6) is -0.246. The molecule has 0 radical (unpaired) electrons. The Balaban J connectivity index is 1.56. The van der Waals surface area contributed by atoms with Crippen LogP contribution in [0, 0.1) is 0 Å². The Bertz CT molecular complexity index is 1020. The summed E-state index contributed by atoms with van der Waals surface area (Å²) in [7, 11) is 1.86. The van der Waals surface area contributed by atoms with E-state index in [2.05, 4.69) is 20.3 Å². The Hall–Kier alpha value is -3.06. The van der Waals surface area contributed by atoms with Crippen molar-refractivity contribution in [3.63, 3.8) is 0 Å². The highest BCUT2D eigenvalue weighted by Crippen LogP contribution is 2.25. The van der Waals surface area contributed by atoms with Gasteiger partial charge in [-0.25, -0.2) is 15.0 Å². The van der Waals surface area contributed by atoms with Crippen molar-refractivity contribution >= 4 is 33.5 Å². The number of imidazole rings is 1. The summed E-state index contributed by atoms with van der Waals surface area (Å²) in [6.45, 7) is 0.